The minimum atomic E-state index is -3.86. The van der Waals surface area contributed by atoms with E-state index in [4.69, 9.17) is 17.3 Å². The molecule has 0 spiro atoms. The Morgan fingerprint density at radius 2 is 1.80 bits per heavy atom. The molecule has 0 unspecified atom stereocenters. The molecule has 0 aliphatic carbocycles. The number of nitrogen functional groups attached to an aromatic ring is 1. The summed E-state index contributed by atoms with van der Waals surface area (Å²) in [4.78, 5) is 16.6. The monoisotopic (exact) mass is 447 g/mol. The number of aromatic nitrogens is 1. The Morgan fingerprint density at radius 1 is 1.07 bits per heavy atom. The normalized spacial score (nSPS) is 15.4. The number of sulfonamides is 1. The molecule has 0 atom stereocenters. The third kappa shape index (κ3) is 3.64. The van der Waals surface area contributed by atoms with E-state index in [9.17, 15) is 18.5 Å². The third-order valence-corrected chi connectivity index (χ3v) is 7.29. The lowest BCUT2D eigenvalue weighted by atomic mass is 10.1. The average molecular weight is 448 g/mol. The standard InChI is InChI=1S/C19H18ClN5O4S/c20-13-1-3-15-17(11-13)22-6-5-18(15)23-7-9-24(10-8-23)30(28,29)19-4-2-14(25(26)27)12-16(19)21/h1-6,11-12H,7-10,21H2. The van der Waals surface area contributed by atoms with Gasteiger partial charge in [-0.15, -0.1) is 0 Å². The van der Waals surface area contributed by atoms with E-state index in [1.807, 2.05) is 12.1 Å². The minimum Gasteiger partial charge on any atom is -0.397 e. The van der Waals surface area contributed by atoms with Crippen LogP contribution in [0.5, 0.6) is 0 Å². The van der Waals surface area contributed by atoms with Crippen molar-refractivity contribution in [3.05, 3.63) is 63.8 Å². The summed E-state index contributed by atoms with van der Waals surface area (Å²) in [6.07, 6.45) is 1.70. The number of anilines is 2. The lowest BCUT2D eigenvalue weighted by Crippen LogP contribution is -2.48. The number of rotatable bonds is 4. The van der Waals surface area contributed by atoms with Crippen LogP contribution in [0.3, 0.4) is 0 Å². The molecular formula is C19H18ClN5O4S. The summed E-state index contributed by atoms with van der Waals surface area (Å²) >= 11 is 6.05. The second-order valence-electron chi connectivity index (χ2n) is 6.86. The summed E-state index contributed by atoms with van der Waals surface area (Å²) < 4.78 is 27.4. The molecular weight excluding hydrogens is 430 g/mol. The maximum atomic E-state index is 13.0. The molecule has 11 heteroatoms. The molecule has 9 nitrogen and oxygen atoms in total. The van der Waals surface area contributed by atoms with Gasteiger partial charge in [0.1, 0.15) is 4.90 Å². The largest absolute Gasteiger partial charge is 0.397 e. The second kappa shape index (κ2) is 7.71. The van der Waals surface area contributed by atoms with Gasteiger partial charge in [-0.2, -0.15) is 4.31 Å². The summed E-state index contributed by atoms with van der Waals surface area (Å²) in [5, 5.41) is 12.4. The predicted molar refractivity (Wildman–Crippen MR) is 115 cm³/mol. The molecule has 1 fully saturated rings. The zero-order valence-corrected chi connectivity index (χ0v) is 17.3. The van der Waals surface area contributed by atoms with Gasteiger partial charge in [-0.3, -0.25) is 15.1 Å². The van der Waals surface area contributed by atoms with Gasteiger partial charge < -0.3 is 10.6 Å². The fourth-order valence-corrected chi connectivity index (χ4v) is 5.26. The Morgan fingerprint density at radius 3 is 2.47 bits per heavy atom. The van der Waals surface area contributed by atoms with Crippen molar-refractivity contribution >= 4 is 49.6 Å². The Bertz CT molecular complexity index is 1240. The number of nitrogens with zero attached hydrogens (tertiary/aromatic N) is 4. The van der Waals surface area contributed by atoms with E-state index >= 15 is 0 Å². The number of hydrogen-bond donors (Lipinski definition) is 1. The average Bonchev–Trinajstić information content (AvgIpc) is 2.73. The molecule has 0 amide bonds. The van der Waals surface area contributed by atoms with Gasteiger partial charge in [-0.1, -0.05) is 11.6 Å². The molecule has 30 heavy (non-hydrogen) atoms. The Balaban J connectivity index is 1.56. The number of halogens is 1. The molecule has 1 aliphatic rings. The Kier molecular flexibility index (Phi) is 5.22. The smallest absolute Gasteiger partial charge is 0.271 e. The van der Waals surface area contributed by atoms with Crippen LogP contribution in [0.15, 0.2) is 53.6 Å². The van der Waals surface area contributed by atoms with Crippen molar-refractivity contribution in [3.63, 3.8) is 0 Å². The topological polar surface area (TPSA) is 123 Å². The highest BCUT2D eigenvalue weighted by molar-refractivity contribution is 7.89. The van der Waals surface area contributed by atoms with Crippen molar-refractivity contribution in [1.82, 2.24) is 9.29 Å². The van der Waals surface area contributed by atoms with Crippen LogP contribution in [0.1, 0.15) is 0 Å². The third-order valence-electron chi connectivity index (χ3n) is 5.08. The van der Waals surface area contributed by atoms with Crippen molar-refractivity contribution in [2.45, 2.75) is 4.90 Å². The number of benzene rings is 2. The van der Waals surface area contributed by atoms with Gasteiger partial charge in [0.25, 0.3) is 5.69 Å². The van der Waals surface area contributed by atoms with Crippen molar-refractivity contribution in [3.8, 4) is 0 Å². The number of pyridine rings is 1. The maximum Gasteiger partial charge on any atom is 0.271 e. The summed E-state index contributed by atoms with van der Waals surface area (Å²) in [5.74, 6) is 0. The first-order chi connectivity index (χ1) is 14.3. The molecule has 2 N–H and O–H groups in total. The first kappa shape index (κ1) is 20.3. The summed E-state index contributed by atoms with van der Waals surface area (Å²) in [6, 6.07) is 10.8. The quantitative estimate of drug-likeness (QED) is 0.370. The van der Waals surface area contributed by atoms with Crippen molar-refractivity contribution in [2.75, 3.05) is 36.8 Å². The van der Waals surface area contributed by atoms with Crippen LogP contribution in [-0.4, -0.2) is 48.8 Å². The minimum absolute atomic E-state index is 0.120. The first-order valence-electron chi connectivity index (χ1n) is 9.10. The van der Waals surface area contributed by atoms with Crippen LogP contribution >= 0.6 is 11.6 Å². The number of non-ortho nitro benzene ring substituents is 1. The number of hydrogen-bond acceptors (Lipinski definition) is 7. The highest BCUT2D eigenvalue weighted by atomic mass is 35.5. The molecule has 0 saturated carbocycles. The molecule has 0 bridgehead atoms. The van der Waals surface area contributed by atoms with E-state index in [2.05, 4.69) is 9.88 Å². The molecule has 2 heterocycles. The van der Waals surface area contributed by atoms with Crippen LogP contribution in [0.25, 0.3) is 10.9 Å². The van der Waals surface area contributed by atoms with E-state index in [1.165, 1.54) is 10.4 Å². The van der Waals surface area contributed by atoms with Gasteiger partial charge in [-0.05, 0) is 30.3 Å². The summed E-state index contributed by atoms with van der Waals surface area (Å²) in [7, 11) is -3.86. The molecule has 0 radical (unpaired) electrons. The lowest BCUT2D eigenvalue weighted by molar-refractivity contribution is -0.384. The summed E-state index contributed by atoms with van der Waals surface area (Å²) in [5.41, 5.74) is 7.16. The van der Waals surface area contributed by atoms with Crippen LogP contribution in [0.2, 0.25) is 5.02 Å². The Labute approximate surface area is 177 Å². The number of nitrogens with two attached hydrogens (primary N) is 1. The molecule has 4 rings (SSSR count). The molecule has 1 aromatic heterocycles. The lowest BCUT2D eigenvalue weighted by Gasteiger charge is -2.36. The van der Waals surface area contributed by atoms with E-state index in [1.54, 1.807) is 18.3 Å². The van der Waals surface area contributed by atoms with Gasteiger partial charge in [0, 0.05) is 60.6 Å². The van der Waals surface area contributed by atoms with Crippen LogP contribution in [0, 0.1) is 10.1 Å². The van der Waals surface area contributed by atoms with E-state index in [0.717, 1.165) is 28.7 Å². The van der Waals surface area contributed by atoms with Crippen molar-refractivity contribution in [2.24, 2.45) is 0 Å². The molecule has 1 saturated heterocycles. The number of nitro benzene ring substituents is 1. The SMILES string of the molecule is Nc1cc([N+](=O)[O-])ccc1S(=O)(=O)N1CCN(c2ccnc3cc(Cl)ccc23)CC1. The van der Waals surface area contributed by atoms with Crippen LogP contribution in [-0.2, 0) is 10.0 Å². The highest BCUT2D eigenvalue weighted by Gasteiger charge is 2.31. The van der Waals surface area contributed by atoms with Crippen LogP contribution < -0.4 is 10.6 Å². The van der Waals surface area contributed by atoms with Crippen molar-refractivity contribution < 1.29 is 13.3 Å². The van der Waals surface area contributed by atoms with Gasteiger partial charge in [0.2, 0.25) is 10.0 Å². The van der Waals surface area contributed by atoms with Gasteiger partial charge in [0.15, 0.2) is 0 Å². The van der Waals surface area contributed by atoms with E-state index in [-0.39, 0.29) is 29.4 Å². The number of piperazine rings is 1. The highest BCUT2D eigenvalue weighted by Crippen LogP contribution is 2.30. The van der Waals surface area contributed by atoms with E-state index < -0.39 is 14.9 Å². The van der Waals surface area contributed by atoms with Gasteiger partial charge >= 0.3 is 0 Å². The van der Waals surface area contributed by atoms with Crippen LogP contribution in [0.4, 0.5) is 17.1 Å². The molecule has 2 aromatic carbocycles. The Hall–Kier alpha value is -2.95. The first-order valence-corrected chi connectivity index (χ1v) is 10.9. The second-order valence-corrected chi connectivity index (χ2v) is 9.20. The fraction of sp³-hybridized carbons (Fsp3) is 0.211. The molecule has 156 valence electrons. The van der Waals surface area contributed by atoms with E-state index in [0.29, 0.717) is 18.1 Å². The van der Waals surface area contributed by atoms with Gasteiger partial charge in [0.05, 0.1) is 16.1 Å². The number of fused-ring (bicyclic) bond motifs is 1. The van der Waals surface area contributed by atoms with Gasteiger partial charge in [-0.25, -0.2) is 8.42 Å². The van der Waals surface area contributed by atoms with Crippen molar-refractivity contribution in [1.29, 1.82) is 0 Å². The molecule has 1 aliphatic heterocycles. The number of nitro groups is 1. The predicted octanol–water partition coefficient (Wildman–Crippen LogP) is 2.89. The zero-order chi connectivity index (χ0) is 21.5. The zero-order valence-electron chi connectivity index (χ0n) is 15.7. The fourth-order valence-electron chi connectivity index (χ4n) is 3.57. The maximum absolute atomic E-state index is 13.0. The summed E-state index contributed by atoms with van der Waals surface area (Å²) in [6.45, 7) is 1.48. The molecule has 3 aromatic rings.